The van der Waals surface area contributed by atoms with Gasteiger partial charge in [-0.15, -0.1) is 0 Å². The number of hydrogen-bond acceptors (Lipinski definition) is 5. The number of rotatable bonds is 3. The molecule has 19 heavy (non-hydrogen) atoms. The van der Waals surface area contributed by atoms with E-state index in [0.29, 0.717) is 17.6 Å². The van der Waals surface area contributed by atoms with Gasteiger partial charge < -0.3 is 10.3 Å². The molecule has 2 unspecified atom stereocenters. The van der Waals surface area contributed by atoms with Gasteiger partial charge in [-0.2, -0.15) is 10.1 Å². The topological polar surface area (TPSA) is 82.8 Å². The van der Waals surface area contributed by atoms with Crippen molar-refractivity contribution >= 4 is 0 Å². The van der Waals surface area contributed by atoms with Gasteiger partial charge in [-0.05, 0) is 24.8 Å². The van der Waals surface area contributed by atoms with Gasteiger partial charge in [0.2, 0.25) is 11.7 Å². The summed E-state index contributed by atoms with van der Waals surface area (Å²) >= 11 is 0. The van der Waals surface area contributed by atoms with E-state index >= 15 is 0 Å². The lowest BCUT2D eigenvalue weighted by Gasteiger charge is -2.27. The molecular formula is C13H19N5O. The van der Waals surface area contributed by atoms with Crippen LogP contribution < -0.4 is 5.73 Å². The Bertz CT molecular complexity index is 547. The van der Waals surface area contributed by atoms with Crippen LogP contribution in [0.2, 0.25) is 0 Å². The molecule has 0 amide bonds. The summed E-state index contributed by atoms with van der Waals surface area (Å²) in [6.07, 6.45) is 7.39. The van der Waals surface area contributed by atoms with Gasteiger partial charge >= 0.3 is 0 Å². The lowest BCUT2D eigenvalue weighted by atomic mass is 9.83. The van der Waals surface area contributed by atoms with Crippen LogP contribution in [0.15, 0.2) is 16.8 Å². The number of aryl methyl sites for hydroxylation is 1. The second kappa shape index (κ2) is 5.13. The van der Waals surface area contributed by atoms with E-state index in [0.717, 1.165) is 25.0 Å². The summed E-state index contributed by atoms with van der Waals surface area (Å²) < 4.78 is 7.04. The van der Waals surface area contributed by atoms with Crippen molar-refractivity contribution < 1.29 is 4.52 Å². The van der Waals surface area contributed by atoms with Crippen molar-refractivity contribution in [2.75, 3.05) is 0 Å². The molecule has 0 radical (unpaired) electrons. The molecular weight excluding hydrogens is 242 g/mol. The average Bonchev–Trinajstić information content (AvgIpc) is 3.01. The third-order valence-corrected chi connectivity index (χ3v) is 3.82. The summed E-state index contributed by atoms with van der Waals surface area (Å²) in [6, 6.07) is 2.14. The molecule has 1 aliphatic rings. The Balaban J connectivity index is 1.71. The van der Waals surface area contributed by atoms with Crippen LogP contribution in [-0.2, 0) is 13.5 Å². The molecule has 2 aromatic rings. The highest BCUT2D eigenvalue weighted by molar-refractivity contribution is 5.46. The predicted molar refractivity (Wildman–Crippen MR) is 70.1 cm³/mol. The molecule has 2 heterocycles. The largest absolute Gasteiger partial charge is 0.339 e. The molecule has 3 rings (SSSR count). The second-order valence-electron chi connectivity index (χ2n) is 5.30. The molecule has 1 aliphatic carbocycles. The molecule has 6 heteroatoms. The highest BCUT2D eigenvalue weighted by Crippen LogP contribution is 2.26. The Morgan fingerprint density at radius 3 is 3.00 bits per heavy atom. The maximum Gasteiger partial charge on any atom is 0.227 e. The zero-order valence-electron chi connectivity index (χ0n) is 11.1. The monoisotopic (exact) mass is 261 g/mol. The van der Waals surface area contributed by atoms with Gasteiger partial charge in [-0.25, -0.2) is 0 Å². The van der Waals surface area contributed by atoms with Gasteiger partial charge in [0.05, 0.1) is 0 Å². The third-order valence-electron chi connectivity index (χ3n) is 3.82. The molecule has 0 aromatic carbocycles. The Kier molecular flexibility index (Phi) is 3.33. The Hall–Kier alpha value is -1.69. The van der Waals surface area contributed by atoms with Gasteiger partial charge in [-0.3, -0.25) is 4.68 Å². The number of nitrogens with zero attached hydrogens (tertiary/aromatic N) is 4. The fraction of sp³-hybridized carbons (Fsp3) is 0.615. The van der Waals surface area contributed by atoms with Crippen molar-refractivity contribution in [2.24, 2.45) is 18.7 Å². The van der Waals surface area contributed by atoms with E-state index in [4.69, 9.17) is 10.3 Å². The van der Waals surface area contributed by atoms with E-state index in [1.54, 1.807) is 4.68 Å². The molecule has 6 nitrogen and oxygen atoms in total. The first kappa shape index (κ1) is 12.3. The summed E-state index contributed by atoms with van der Waals surface area (Å²) in [5, 5.41) is 8.25. The maximum atomic E-state index is 6.14. The van der Waals surface area contributed by atoms with E-state index in [-0.39, 0.29) is 6.04 Å². The summed E-state index contributed by atoms with van der Waals surface area (Å²) in [5.74, 6) is 1.69. The number of hydrogen-bond donors (Lipinski definition) is 1. The molecule has 102 valence electrons. The smallest absolute Gasteiger partial charge is 0.227 e. The molecule has 2 atom stereocenters. The van der Waals surface area contributed by atoms with Crippen molar-refractivity contribution in [3.05, 3.63) is 18.2 Å². The van der Waals surface area contributed by atoms with Crippen LogP contribution in [-0.4, -0.2) is 26.0 Å². The molecule has 0 bridgehead atoms. The number of aromatic nitrogens is 4. The van der Waals surface area contributed by atoms with Crippen molar-refractivity contribution in [1.82, 2.24) is 19.9 Å². The fourth-order valence-electron chi connectivity index (χ4n) is 2.69. The van der Waals surface area contributed by atoms with Crippen LogP contribution in [0.25, 0.3) is 11.5 Å². The first-order chi connectivity index (χ1) is 9.22. The van der Waals surface area contributed by atoms with E-state index < -0.39 is 0 Å². The van der Waals surface area contributed by atoms with Gasteiger partial charge in [0.25, 0.3) is 0 Å². The normalized spacial score (nSPS) is 23.7. The Labute approximate surface area is 112 Å². The zero-order valence-corrected chi connectivity index (χ0v) is 11.1. The highest BCUT2D eigenvalue weighted by atomic mass is 16.5. The minimum absolute atomic E-state index is 0.263. The molecule has 1 saturated carbocycles. The van der Waals surface area contributed by atoms with E-state index in [1.807, 2.05) is 19.3 Å². The summed E-state index contributed by atoms with van der Waals surface area (Å²) in [6.45, 7) is 0. The van der Waals surface area contributed by atoms with Gasteiger partial charge in [0.1, 0.15) is 5.69 Å². The fourth-order valence-corrected chi connectivity index (χ4v) is 2.69. The number of nitrogens with two attached hydrogens (primary N) is 1. The quantitative estimate of drug-likeness (QED) is 0.906. The lowest BCUT2D eigenvalue weighted by molar-refractivity contribution is 0.273. The maximum absolute atomic E-state index is 6.14. The van der Waals surface area contributed by atoms with Crippen molar-refractivity contribution in [2.45, 2.75) is 38.1 Å². The standard InChI is InChI=1S/C13H19N5O/c1-18-7-6-11(16-18)13-15-12(19-17-13)8-9-4-2-3-5-10(9)14/h6-7,9-10H,2-5,8,14H2,1H3. The molecule has 0 spiro atoms. The van der Waals surface area contributed by atoms with E-state index in [9.17, 15) is 0 Å². The predicted octanol–water partition coefficient (Wildman–Crippen LogP) is 1.53. The molecule has 1 fully saturated rings. The Morgan fingerprint density at radius 1 is 1.42 bits per heavy atom. The van der Waals surface area contributed by atoms with Crippen molar-refractivity contribution in [3.8, 4) is 11.5 Å². The SMILES string of the molecule is Cn1ccc(-c2noc(CC3CCCCC3N)n2)n1. The minimum Gasteiger partial charge on any atom is -0.339 e. The minimum atomic E-state index is 0.263. The van der Waals surface area contributed by atoms with Crippen LogP contribution in [0.4, 0.5) is 0 Å². The van der Waals surface area contributed by atoms with Gasteiger partial charge in [-0.1, -0.05) is 18.0 Å². The van der Waals surface area contributed by atoms with Crippen molar-refractivity contribution in [3.63, 3.8) is 0 Å². The molecule has 2 N–H and O–H groups in total. The summed E-state index contributed by atoms with van der Waals surface area (Å²) in [4.78, 5) is 4.41. The van der Waals surface area contributed by atoms with Gasteiger partial charge in [0.15, 0.2) is 0 Å². The van der Waals surface area contributed by atoms with Crippen LogP contribution in [0.5, 0.6) is 0 Å². The van der Waals surface area contributed by atoms with Crippen LogP contribution in [0.3, 0.4) is 0 Å². The van der Waals surface area contributed by atoms with Crippen LogP contribution >= 0.6 is 0 Å². The second-order valence-corrected chi connectivity index (χ2v) is 5.30. The third kappa shape index (κ3) is 2.68. The summed E-state index contributed by atoms with van der Waals surface area (Å²) in [5.41, 5.74) is 6.88. The van der Waals surface area contributed by atoms with Gasteiger partial charge in [0, 0.05) is 25.7 Å². The van der Waals surface area contributed by atoms with Crippen LogP contribution in [0, 0.1) is 5.92 Å². The summed E-state index contributed by atoms with van der Waals surface area (Å²) in [7, 11) is 1.87. The van der Waals surface area contributed by atoms with Crippen LogP contribution in [0.1, 0.15) is 31.6 Å². The molecule has 0 saturated heterocycles. The molecule has 2 aromatic heterocycles. The molecule has 0 aliphatic heterocycles. The highest BCUT2D eigenvalue weighted by Gasteiger charge is 2.24. The lowest BCUT2D eigenvalue weighted by Crippen LogP contribution is -2.34. The average molecular weight is 261 g/mol. The Morgan fingerprint density at radius 2 is 2.26 bits per heavy atom. The van der Waals surface area contributed by atoms with E-state index in [1.165, 1.54) is 12.8 Å². The zero-order chi connectivity index (χ0) is 13.2. The van der Waals surface area contributed by atoms with E-state index in [2.05, 4.69) is 15.2 Å². The first-order valence-corrected chi connectivity index (χ1v) is 6.80. The first-order valence-electron chi connectivity index (χ1n) is 6.80. The van der Waals surface area contributed by atoms with Crippen molar-refractivity contribution in [1.29, 1.82) is 0 Å².